The van der Waals surface area contributed by atoms with Crippen LogP contribution in [-0.4, -0.2) is 43.8 Å². The number of hydrogen-bond donors (Lipinski definition) is 1. The van der Waals surface area contributed by atoms with Crippen molar-refractivity contribution in [3.8, 4) is 11.5 Å². The second kappa shape index (κ2) is 11.2. The van der Waals surface area contributed by atoms with Gasteiger partial charge in [0.15, 0.2) is 0 Å². The quantitative estimate of drug-likeness (QED) is 0.595. The minimum Gasteiger partial charge on any atom is -0.496 e. The average Bonchev–Trinajstić information content (AvgIpc) is 2.77. The molecule has 0 radical (unpaired) electrons. The predicted octanol–water partition coefficient (Wildman–Crippen LogP) is 4.75. The number of carbonyl (C=O) groups excluding carboxylic acids is 1. The lowest BCUT2D eigenvalue weighted by molar-refractivity contribution is 0.0950. The van der Waals surface area contributed by atoms with Crippen molar-refractivity contribution in [3.05, 3.63) is 58.1 Å². The van der Waals surface area contributed by atoms with Crippen LogP contribution in [0.2, 0.25) is 0 Å². The number of halogens is 1. The van der Waals surface area contributed by atoms with E-state index < -0.39 is 0 Å². The Bertz CT molecular complexity index is 838. The second-order valence-electron chi connectivity index (χ2n) is 7.19. The third-order valence-corrected chi connectivity index (χ3v) is 5.69. The molecule has 30 heavy (non-hydrogen) atoms. The molecule has 162 valence electrons. The number of amides is 1. The first-order valence-electron chi connectivity index (χ1n) is 10.3. The lowest BCUT2D eigenvalue weighted by Gasteiger charge is -2.31. The van der Waals surface area contributed by atoms with Crippen molar-refractivity contribution in [3.63, 3.8) is 0 Å². The molecule has 0 bridgehead atoms. The summed E-state index contributed by atoms with van der Waals surface area (Å²) in [7, 11) is 1.66. The average molecular weight is 477 g/mol. The van der Waals surface area contributed by atoms with E-state index in [4.69, 9.17) is 14.2 Å². The molecule has 1 saturated heterocycles. The number of nitrogens with one attached hydrogen (secondary N) is 1. The third kappa shape index (κ3) is 6.12. The molecule has 1 fully saturated rings. The van der Waals surface area contributed by atoms with Crippen LogP contribution in [0.5, 0.6) is 11.5 Å². The Labute approximate surface area is 186 Å². The number of carbonyl (C=O) groups is 1. The first kappa shape index (κ1) is 22.4. The Balaban J connectivity index is 1.54. The molecule has 6 nitrogen and oxygen atoms in total. The van der Waals surface area contributed by atoms with Gasteiger partial charge in [0.05, 0.1) is 13.7 Å². The van der Waals surface area contributed by atoms with E-state index in [0.717, 1.165) is 59.6 Å². The summed E-state index contributed by atoms with van der Waals surface area (Å²) in [6.45, 7) is 4.83. The summed E-state index contributed by atoms with van der Waals surface area (Å²) in [6.07, 6.45) is 1.62. The molecule has 2 aromatic carbocycles. The van der Waals surface area contributed by atoms with Gasteiger partial charge >= 0.3 is 6.09 Å². The lowest BCUT2D eigenvalue weighted by atomic mass is 10.0. The van der Waals surface area contributed by atoms with E-state index in [-0.39, 0.29) is 6.09 Å². The van der Waals surface area contributed by atoms with E-state index in [1.54, 1.807) is 12.0 Å². The molecule has 1 heterocycles. The van der Waals surface area contributed by atoms with Gasteiger partial charge in [0, 0.05) is 41.3 Å². The number of piperidine rings is 1. The Morgan fingerprint density at radius 2 is 1.90 bits per heavy atom. The number of likely N-dealkylation sites (tertiary alicyclic amines) is 1. The summed E-state index contributed by atoms with van der Waals surface area (Å²) in [6, 6.07) is 14.3. The highest BCUT2D eigenvalue weighted by molar-refractivity contribution is 9.10. The largest absolute Gasteiger partial charge is 0.496 e. The maximum Gasteiger partial charge on any atom is 0.409 e. The summed E-state index contributed by atoms with van der Waals surface area (Å²) in [4.78, 5) is 13.6. The summed E-state index contributed by atoms with van der Waals surface area (Å²) in [5, 5.41) is 3.61. The van der Waals surface area contributed by atoms with E-state index in [1.807, 2.05) is 43.3 Å². The number of rotatable bonds is 8. The number of nitrogens with zero attached hydrogens (tertiary/aromatic N) is 1. The molecule has 0 spiro atoms. The fourth-order valence-corrected chi connectivity index (χ4v) is 3.95. The molecule has 7 heteroatoms. The van der Waals surface area contributed by atoms with Crippen LogP contribution in [0.4, 0.5) is 4.79 Å². The standard InChI is InChI=1S/C23H29BrN2O4/c1-3-29-23(27)26-12-10-20(11-13-26)25-15-17-6-4-5-7-22(17)30-16-18-14-19(24)8-9-21(18)28-2/h4-9,14,20,25H,3,10-13,15-16H2,1-2H3. The van der Waals surface area contributed by atoms with Crippen LogP contribution in [-0.2, 0) is 17.9 Å². The van der Waals surface area contributed by atoms with Gasteiger partial charge in [0.1, 0.15) is 18.1 Å². The number of benzene rings is 2. The zero-order chi connectivity index (χ0) is 21.3. The molecule has 0 unspecified atom stereocenters. The summed E-state index contributed by atoms with van der Waals surface area (Å²) in [5.74, 6) is 1.66. The van der Waals surface area contributed by atoms with Crippen LogP contribution in [0.15, 0.2) is 46.9 Å². The molecule has 3 rings (SSSR count). The zero-order valence-electron chi connectivity index (χ0n) is 17.5. The monoisotopic (exact) mass is 476 g/mol. The fraction of sp³-hybridized carbons (Fsp3) is 0.435. The summed E-state index contributed by atoms with van der Waals surface area (Å²) < 4.78 is 17.6. The van der Waals surface area contributed by atoms with Crippen LogP contribution in [0.1, 0.15) is 30.9 Å². The SMILES string of the molecule is CCOC(=O)N1CCC(NCc2ccccc2OCc2cc(Br)ccc2OC)CC1. The van der Waals surface area contributed by atoms with Crippen LogP contribution in [0.25, 0.3) is 0 Å². The van der Waals surface area contributed by atoms with Gasteiger partial charge in [-0.25, -0.2) is 4.79 Å². The Morgan fingerprint density at radius 3 is 2.63 bits per heavy atom. The van der Waals surface area contributed by atoms with Crippen LogP contribution in [0.3, 0.4) is 0 Å². The highest BCUT2D eigenvalue weighted by Crippen LogP contribution is 2.26. The van der Waals surface area contributed by atoms with Gasteiger partial charge in [-0.2, -0.15) is 0 Å². The third-order valence-electron chi connectivity index (χ3n) is 5.20. The Hall–Kier alpha value is -2.25. The fourth-order valence-electron chi connectivity index (χ4n) is 3.54. The van der Waals surface area contributed by atoms with E-state index in [1.165, 1.54) is 0 Å². The maximum atomic E-state index is 11.8. The molecule has 0 atom stereocenters. The number of ether oxygens (including phenoxy) is 3. The van der Waals surface area contributed by atoms with Crippen molar-refractivity contribution < 1.29 is 19.0 Å². The van der Waals surface area contributed by atoms with Crippen LogP contribution in [0, 0.1) is 0 Å². The van der Waals surface area contributed by atoms with Crippen molar-refractivity contribution >= 4 is 22.0 Å². The number of methoxy groups -OCH3 is 1. The number of para-hydroxylation sites is 1. The second-order valence-corrected chi connectivity index (χ2v) is 8.11. The Morgan fingerprint density at radius 1 is 1.13 bits per heavy atom. The van der Waals surface area contributed by atoms with Gasteiger partial charge in [-0.3, -0.25) is 0 Å². The molecule has 0 aromatic heterocycles. The normalized spacial score (nSPS) is 14.4. The van der Waals surface area contributed by atoms with Gasteiger partial charge < -0.3 is 24.4 Å². The van der Waals surface area contributed by atoms with Crippen LogP contribution >= 0.6 is 15.9 Å². The molecular formula is C23H29BrN2O4. The molecule has 1 aliphatic heterocycles. The first-order chi connectivity index (χ1) is 14.6. The van der Waals surface area contributed by atoms with E-state index >= 15 is 0 Å². The first-order valence-corrected chi connectivity index (χ1v) is 11.1. The highest BCUT2D eigenvalue weighted by atomic mass is 79.9. The maximum absolute atomic E-state index is 11.8. The van der Waals surface area contributed by atoms with Crippen molar-refractivity contribution in [2.75, 3.05) is 26.8 Å². The van der Waals surface area contributed by atoms with Gasteiger partial charge in [0.25, 0.3) is 0 Å². The minimum atomic E-state index is -0.210. The molecule has 1 aliphatic rings. The topological polar surface area (TPSA) is 60.0 Å². The number of hydrogen-bond acceptors (Lipinski definition) is 5. The molecule has 2 aromatic rings. The zero-order valence-corrected chi connectivity index (χ0v) is 19.1. The molecular weight excluding hydrogens is 448 g/mol. The van der Waals surface area contributed by atoms with Gasteiger partial charge in [-0.15, -0.1) is 0 Å². The molecule has 1 amide bonds. The molecule has 1 N–H and O–H groups in total. The summed E-state index contributed by atoms with van der Waals surface area (Å²) in [5.41, 5.74) is 2.10. The minimum absolute atomic E-state index is 0.210. The molecule has 0 saturated carbocycles. The van der Waals surface area contributed by atoms with E-state index in [9.17, 15) is 4.79 Å². The van der Waals surface area contributed by atoms with Gasteiger partial charge in [-0.05, 0) is 44.0 Å². The predicted molar refractivity (Wildman–Crippen MR) is 120 cm³/mol. The van der Waals surface area contributed by atoms with Crippen molar-refractivity contribution in [2.45, 2.75) is 39.0 Å². The van der Waals surface area contributed by atoms with Crippen molar-refractivity contribution in [1.82, 2.24) is 10.2 Å². The van der Waals surface area contributed by atoms with Gasteiger partial charge in [-0.1, -0.05) is 34.1 Å². The summed E-state index contributed by atoms with van der Waals surface area (Å²) >= 11 is 3.50. The van der Waals surface area contributed by atoms with Gasteiger partial charge in [0.2, 0.25) is 0 Å². The lowest BCUT2D eigenvalue weighted by Crippen LogP contribution is -2.44. The van der Waals surface area contributed by atoms with Crippen LogP contribution < -0.4 is 14.8 Å². The Kier molecular flexibility index (Phi) is 8.39. The molecule has 0 aliphatic carbocycles. The van der Waals surface area contributed by atoms with E-state index in [0.29, 0.717) is 19.3 Å². The smallest absolute Gasteiger partial charge is 0.409 e. The van der Waals surface area contributed by atoms with E-state index in [2.05, 4.69) is 27.3 Å². The van der Waals surface area contributed by atoms with Crippen molar-refractivity contribution in [2.24, 2.45) is 0 Å². The highest BCUT2D eigenvalue weighted by Gasteiger charge is 2.23. The van der Waals surface area contributed by atoms with Crippen molar-refractivity contribution in [1.29, 1.82) is 0 Å².